The molecule has 1 fully saturated rings. The van der Waals surface area contributed by atoms with Gasteiger partial charge in [0.05, 0.1) is 34.3 Å². The summed E-state index contributed by atoms with van der Waals surface area (Å²) in [5.74, 6) is 0.935. The molecule has 3 aromatic heterocycles. The molecule has 7 nitrogen and oxygen atoms in total. The number of aryl methyl sites for hydroxylation is 1. The van der Waals surface area contributed by atoms with Crippen molar-refractivity contribution in [3.05, 3.63) is 42.2 Å². The van der Waals surface area contributed by atoms with Gasteiger partial charge in [0.1, 0.15) is 5.82 Å². The molecule has 7 heteroatoms. The van der Waals surface area contributed by atoms with Gasteiger partial charge in [-0.15, -0.1) is 5.10 Å². The van der Waals surface area contributed by atoms with Crippen LogP contribution in [0.15, 0.2) is 36.5 Å². The summed E-state index contributed by atoms with van der Waals surface area (Å²) in [6.45, 7) is 12.2. The van der Waals surface area contributed by atoms with Crippen LogP contribution in [0, 0.1) is 0 Å². The minimum atomic E-state index is -0.237. The van der Waals surface area contributed by atoms with Crippen LogP contribution in [-0.2, 0) is 11.2 Å². The third kappa shape index (κ3) is 3.23. The van der Waals surface area contributed by atoms with Gasteiger partial charge in [-0.1, -0.05) is 13.0 Å². The fraction of sp³-hybridized carbons (Fsp3) is 0.435. The Balaban J connectivity index is 1.59. The lowest BCUT2D eigenvalue weighted by Crippen LogP contribution is -2.57. The van der Waals surface area contributed by atoms with E-state index >= 15 is 0 Å². The summed E-state index contributed by atoms with van der Waals surface area (Å²) in [5, 5.41) is 13.7. The highest BCUT2D eigenvalue weighted by atomic mass is 16.5. The first kappa shape index (κ1) is 19.1. The molecule has 30 heavy (non-hydrogen) atoms. The van der Waals surface area contributed by atoms with Crippen LogP contribution in [0.4, 0.5) is 5.82 Å². The monoisotopic (exact) mass is 404 g/mol. The predicted molar refractivity (Wildman–Crippen MR) is 119 cm³/mol. The number of rotatable bonds is 3. The second-order valence-electron chi connectivity index (χ2n) is 9.37. The highest BCUT2D eigenvalue weighted by Gasteiger charge is 2.38. The summed E-state index contributed by atoms with van der Waals surface area (Å²) in [6, 6.07) is 10.4. The van der Waals surface area contributed by atoms with E-state index in [0.717, 1.165) is 58.8 Å². The number of aromatic amines is 1. The summed E-state index contributed by atoms with van der Waals surface area (Å²) < 4.78 is 8.18. The van der Waals surface area contributed by atoms with Gasteiger partial charge in [0.2, 0.25) is 0 Å². The zero-order valence-corrected chi connectivity index (χ0v) is 18.2. The maximum atomic E-state index is 6.24. The van der Waals surface area contributed by atoms with Crippen LogP contribution in [0.3, 0.4) is 0 Å². The Morgan fingerprint density at radius 1 is 1.07 bits per heavy atom. The van der Waals surface area contributed by atoms with E-state index in [9.17, 15) is 0 Å². The Labute approximate surface area is 176 Å². The quantitative estimate of drug-likeness (QED) is 0.553. The van der Waals surface area contributed by atoms with E-state index in [-0.39, 0.29) is 11.2 Å². The third-order valence-electron chi connectivity index (χ3n) is 5.64. The second-order valence-corrected chi connectivity index (χ2v) is 9.37. The number of anilines is 1. The van der Waals surface area contributed by atoms with Crippen LogP contribution in [-0.4, -0.2) is 49.1 Å². The van der Waals surface area contributed by atoms with Crippen molar-refractivity contribution in [1.29, 1.82) is 0 Å². The Morgan fingerprint density at radius 3 is 2.57 bits per heavy atom. The lowest BCUT2D eigenvalue weighted by molar-refractivity contribution is -0.133. The Hall–Kier alpha value is -2.93. The van der Waals surface area contributed by atoms with E-state index in [1.807, 2.05) is 16.8 Å². The number of nitrogens with one attached hydrogen (secondary N) is 1. The number of ether oxygens (including phenoxy) is 1. The highest BCUT2D eigenvalue weighted by Crippen LogP contribution is 2.31. The molecule has 1 aromatic carbocycles. The van der Waals surface area contributed by atoms with Gasteiger partial charge in [-0.05, 0) is 58.4 Å². The smallest absolute Gasteiger partial charge is 0.154 e. The molecular weight excluding hydrogens is 376 g/mol. The first-order valence-electron chi connectivity index (χ1n) is 10.5. The fourth-order valence-corrected chi connectivity index (χ4v) is 4.68. The second kappa shape index (κ2) is 6.54. The number of aromatic nitrogens is 5. The molecule has 1 N–H and O–H groups in total. The lowest BCUT2D eigenvalue weighted by atomic mass is 9.99. The third-order valence-corrected chi connectivity index (χ3v) is 5.64. The first-order chi connectivity index (χ1) is 14.2. The highest BCUT2D eigenvalue weighted by molar-refractivity contribution is 5.86. The molecule has 0 saturated carbocycles. The molecule has 0 radical (unpaired) electrons. The minimum Gasteiger partial charge on any atom is -0.366 e. The number of H-pyrrole nitrogens is 1. The zero-order valence-electron chi connectivity index (χ0n) is 18.2. The van der Waals surface area contributed by atoms with Crippen LogP contribution in [0.25, 0.3) is 27.8 Å². The summed E-state index contributed by atoms with van der Waals surface area (Å²) in [6.07, 6.45) is 2.79. The number of hydrogen-bond acceptors (Lipinski definition) is 5. The number of benzene rings is 1. The van der Waals surface area contributed by atoms with Crippen molar-refractivity contribution in [3.63, 3.8) is 0 Å². The SMILES string of the molecule is CCc1n[nH]c2ccc(-c3cnc4ccc(N5CC(C)(C)OC(C)(C)C5)nn34)cc12. The average molecular weight is 405 g/mol. The van der Waals surface area contributed by atoms with Crippen LogP contribution < -0.4 is 4.90 Å². The number of nitrogens with zero attached hydrogens (tertiary/aromatic N) is 5. The number of morpholine rings is 1. The first-order valence-corrected chi connectivity index (χ1v) is 10.5. The summed E-state index contributed by atoms with van der Waals surface area (Å²) in [5.41, 5.74) is 4.55. The van der Waals surface area contributed by atoms with Gasteiger partial charge < -0.3 is 9.64 Å². The van der Waals surface area contributed by atoms with E-state index in [1.54, 1.807) is 0 Å². The molecule has 4 heterocycles. The predicted octanol–water partition coefficient (Wildman–Crippen LogP) is 4.23. The molecule has 0 unspecified atom stereocenters. The van der Waals surface area contributed by atoms with Gasteiger partial charge in [-0.2, -0.15) is 5.10 Å². The summed E-state index contributed by atoms with van der Waals surface area (Å²) in [4.78, 5) is 6.89. The molecule has 0 aliphatic carbocycles. The van der Waals surface area contributed by atoms with E-state index in [0.29, 0.717) is 0 Å². The molecule has 0 spiro atoms. The molecule has 0 atom stereocenters. The number of fused-ring (bicyclic) bond motifs is 2. The maximum absolute atomic E-state index is 6.24. The van der Waals surface area contributed by atoms with Gasteiger partial charge in [-0.25, -0.2) is 9.50 Å². The van der Waals surface area contributed by atoms with Gasteiger partial charge in [0.15, 0.2) is 5.65 Å². The number of imidazole rings is 1. The average Bonchev–Trinajstić information content (AvgIpc) is 3.28. The minimum absolute atomic E-state index is 0.237. The van der Waals surface area contributed by atoms with Crippen LogP contribution >= 0.6 is 0 Å². The molecular formula is C23H28N6O. The van der Waals surface area contributed by atoms with Crippen molar-refractivity contribution in [2.75, 3.05) is 18.0 Å². The molecule has 1 aliphatic heterocycles. The van der Waals surface area contributed by atoms with Crippen molar-refractivity contribution in [2.24, 2.45) is 0 Å². The van der Waals surface area contributed by atoms with Gasteiger partial charge in [0.25, 0.3) is 0 Å². The van der Waals surface area contributed by atoms with Crippen molar-refractivity contribution in [2.45, 2.75) is 52.2 Å². The van der Waals surface area contributed by atoms with Crippen LogP contribution in [0.1, 0.15) is 40.3 Å². The molecule has 0 amide bonds. The molecule has 1 aliphatic rings. The molecule has 156 valence electrons. The Morgan fingerprint density at radius 2 is 1.83 bits per heavy atom. The van der Waals surface area contributed by atoms with E-state index in [1.165, 1.54) is 0 Å². The van der Waals surface area contributed by atoms with Crippen molar-refractivity contribution in [1.82, 2.24) is 24.8 Å². The molecule has 5 rings (SSSR count). The Bertz CT molecular complexity index is 1220. The fourth-order valence-electron chi connectivity index (χ4n) is 4.68. The lowest BCUT2D eigenvalue weighted by Gasteiger charge is -2.47. The van der Waals surface area contributed by atoms with E-state index in [4.69, 9.17) is 9.84 Å². The standard InChI is InChI=1S/C23H28N6O/c1-6-17-16-11-15(7-8-18(16)26-25-17)19-12-24-20-9-10-21(27-29(19)20)28-13-22(2,3)30-23(4,5)14-28/h7-12H,6,13-14H2,1-5H3,(H,25,26). The van der Waals surface area contributed by atoms with Gasteiger partial charge >= 0.3 is 0 Å². The number of hydrogen-bond donors (Lipinski definition) is 1. The van der Waals surface area contributed by atoms with Crippen molar-refractivity contribution >= 4 is 22.4 Å². The summed E-state index contributed by atoms with van der Waals surface area (Å²) >= 11 is 0. The van der Waals surface area contributed by atoms with Crippen LogP contribution in [0.5, 0.6) is 0 Å². The van der Waals surface area contributed by atoms with Gasteiger partial charge in [-0.3, -0.25) is 5.10 Å². The topological polar surface area (TPSA) is 71.3 Å². The molecule has 1 saturated heterocycles. The van der Waals surface area contributed by atoms with Gasteiger partial charge in [0, 0.05) is 24.0 Å². The Kier molecular flexibility index (Phi) is 4.15. The van der Waals surface area contributed by atoms with Crippen molar-refractivity contribution in [3.8, 4) is 11.3 Å². The molecule has 4 aromatic rings. The summed E-state index contributed by atoms with van der Waals surface area (Å²) in [7, 11) is 0. The molecule has 0 bridgehead atoms. The maximum Gasteiger partial charge on any atom is 0.154 e. The van der Waals surface area contributed by atoms with E-state index < -0.39 is 0 Å². The van der Waals surface area contributed by atoms with E-state index in [2.05, 4.69) is 79.0 Å². The normalized spacial score (nSPS) is 18.4. The van der Waals surface area contributed by atoms with Crippen molar-refractivity contribution < 1.29 is 4.74 Å². The largest absolute Gasteiger partial charge is 0.366 e. The zero-order chi connectivity index (χ0) is 21.1. The van der Waals surface area contributed by atoms with Crippen LogP contribution in [0.2, 0.25) is 0 Å².